The average Bonchev–Trinajstić information content (AvgIpc) is 2.38. The third-order valence-electron chi connectivity index (χ3n) is 2.70. The number of ether oxygens (including phenoxy) is 1. The zero-order chi connectivity index (χ0) is 13.1. The van der Waals surface area contributed by atoms with Gasteiger partial charge in [0.25, 0.3) is 11.6 Å². The number of nitro benzene ring substituents is 1. The number of nitrogens with zero attached hydrogens (tertiary/aromatic N) is 2. The summed E-state index contributed by atoms with van der Waals surface area (Å²) in [5.74, 6) is -0.421. The van der Waals surface area contributed by atoms with Crippen molar-refractivity contribution in [3.8, 4) is 0 Å². The fourth-order valence-electron chi connectivity index (χ4n) is 1.80. The van der Waals surface area contributed by atoms with E-state index in [-0.39, 0.29) is 16.3 Å². The van der Waals surface area contributed by atoms with Crippen molar-refractivity contribution in [2.45, 2.75) is 0 Å². The van der Waals surface area contributed by atoms with Gasteiger partial charge in [0.1, 0.15) is 5.56 Å². The topological polar surface area (TPSA) is 72.7 Å². The van der Waals surface area contributed by atoms with Gasteiger partial charge in [-0.2, -0.15) is 0 Å². The van der Waals surface area contributed by atoms with Crippen LogP contribution in [-0.2, 0) is 4.74 Å². The minimum atomic E-state index is -0.598. The molecule has 7 heteroatoms. The summed E-state index contributed by atoms with van der Waals surface area (Å²) in [6.45, 7) is 1.70. The minimum Gasteiger partial charge on any atom is -0.378 e. The molecule has 2 rings (SSSR count). The Labute approximate surface area is 108 Å². The molecule has 0 radical (unpaired) electrons. The van der Waals surface area contributed by atoms with E-state index in [2.05, 4.69) is 0 Å². The monoisotopic (exact) mass is 270 g/mol. The second-order valence-corrected chi connectivity index (χ2v) is 4.20. The summed E-state index contributed by atoms with van der Waals surface area (Å²) in [6.07, 6.45) is 0. The normalized spacial score (nSPS) is 15.5. The van der Waals surface area contributed by atoms with Crippen LogP contribution >= 0.6 is 11.6 Å². The Morgan fingerprint density at radius 3 is 2.67 bits per heavy atom. The van der Waals surface area contributed by atoms with Gasteiger partial charge in [-0.1, -0.05) is 17.7 Å². The standard InChI is InChI=1S/C11H11ClN2O4/c12-8-2-1-3-9(14(16)17)10(8)11(15)13-4-6-18-7-5-13/h1-3H,4-7H2. The van der Waals surface area contributed by atoms with Gasteiger partial charge in [-0.05, 0) is 6.07 Å². The Balaban J connectivity index is 2.36. The molecule has 0 atom stereocenters. The van der Waals surface area contributed by atoms with Gasteiger partial charge in [0.2, 0.25) is 0 Å². The molecule has 96 valence electrons. The number of hydrogen-bond donors (Lipinski definition) is 0. The third kappa shape index (κ3) is 2.44. The van der Waals surface area contributed by atoms with Crippen LogP contribution in [0.1, 0.15) is 10.4 Å². The number of benzene rings is 1. The second kappa shape index (κ2) is 5.32. The second-order valence-electron chi connectivity index (χ2n) is 3.80. The van der Waals surface area contributed by atoms with E-state index >= 15 is 0 Å². The van der Waals surface area contributed by atoms with Crippen LogP contribution in [0.4, 0.5) is 5.69 Å². The van der Waals surface area contributed by atoms with E-state index in [9.17, 15) is 14.9 Å². The van der Waals surface area contributed by atoms with Crippen molar-refractivity contribution in [3.63, 3.8) is 0 Å². The molecule has 1 aromatic rings. The predicted octanol–water partition coefficient (Wildman–Crippen LogP) is 1.72. The van der Waals surface area contributed by atoms with Gasteiger partial charge in [-0.3, -0.25) is 14.9 Å². The van der Waals surface area contributed by atoms with Gasteiger partial charge in [0, 0.05) is 19.2 Å². The summed E-state index contributed by atoms with van der Waals surface area (Å²) >= 11 is 5.90. The van der Waals surface area contributed by atoms with Crippen LogP contribution in [0, 0.1) is 10.1 Å². The van der Waals surface area contributed by atoms with E-state index in [0.717, 1.165) is 0 Å². The molecule has 1 aliphatic heterocycles. The lowest BCUT2D eigenvalue weighted by Gasteiger charge is -2.26. The van der Waals surface area contributed by atoms with E-state index in [1.807, 2.05) is 0 Å². The summed E-state index contributed by atoms with van der Waals surface area (Å²) in [5, 5.41) is 11.0. The Kier molecular flexibility index (Phi) is 3.78. The van der Waals surface area contributed by atoms with Crippen molar-refractivity contribution in [1.29, 1.82) is 0 Å². The Morgan fingerprint density at radius 1 is 1.39 bits per heavy atom. The minimum absolute atomic E-state index is 0.0499. The van der Waals surface area contributed by atoms with Crippen LogP contribution < -0.4 is 0 Å². The van der Waals surface area contributed by atoms with Crippen LogP contribution in [0.2, 0.25) is 5.02 Å². The fraction of sp³-hybridized carbons (Fsp3) is 0.364. The first-order chi connectivity index (χ1) is 8.61. The van der Waals surface area contributed by atoms with Gasteiger partial charge in [0.15, 0.2) is 0 Å². The Hall–Kier alpha value is -1.66. The summed E-state index contributed by atoms with van der Waals surface area (Å²) < 4.78 is 5.13. The zero-order valence-electron chi connectivity index (χ0n) is 9.47. The molecule has 0 saturated carbocycles. The number of carbonyl (C=O) groups is 1. The molecule has 1 aromatic carbocycles. The third-order valence-corrected chi connectivity index (χ3v) is 3.02. The smallest absolute Gasteiger partial charge is 0.283 e. The lowest BCUT2D eigenvalue weighted by atomic mass is 10.1. The average molecular weight is 271 g/mol. The van der Waals surface area contributed by atoms with Crippen LogP contribution in [0.3, 0.4) is 0 Å². The number of carbonyl (C=O) groups excluding carboxylic acids is 1. The molecule has 0 bridgehead atoms. The van der Waals surface area contributed by atoms with Crippen molar-refractivity contribution in [2.24, 2.45) is 0 Å². The molecule has 6 nitrogen and oxygen atoms in total. The molecular formula is C11H11ClN2O4. The first-order valence-corrected chi connectivity index (χ1v) is 5.79. The molecule has 0 aliphatic carbocycles. The quantitative estimate of drug-likeness (QED) is 0.606. The molecule has 0 N–H and O–H groups in total. The number of halogens is 1. The highest BCUT2D eigenvalue weighted by molar-refractivity contribution is 6.34. The summed E-state index contributed by atoms with van der Waals surface area (Å²) in [6, 6.07) is 4.21. The lowest BCUT2D eigenvalue weighted by molar-refractivity contribution is -0.385. The maximum Gasteiger partial charge on any atom is 0.283 e. The zero-order valence-corrected chi connectivity index (χ0v) is 10.2. The van der Waals surface area contributed by atoms with Crippen molar-refractivity contribution in [1.82, 2.24) is 4.90 Å². The molecule has 1 aliphatic rings. The van der Waals surface area contributed by atoms with E-state index < -0.39 is 10.8 Å². The predicted molar refractivity (Wildman–Crippen MR) is 64.8 cm³/mol. The first-order valence-electron chi connectivity index (χ1n) is 5.41. The van der Waals surface area contributed by atoms with Gasteiger partial charge in [0.05, 0.1) is 23.2 Å². The highest BCUT2D eigenvalue weighted by atomic mass is 35.5. The number of amides is 1. The number of morpholine rings is 1. The molecular weight excluding hydrogens is 260 g/mol. The highest BCUT2D eigenvalue weighted by Gasteiger charge is 2.28. The Bertz CT molecular complexity index is 486. The van der Waals surface area contributed by atoms with Crippen LogP contribution in [0.5, 0.6) is 0 Å². The van der Waals surface area contributed by atoms with Gasteiger partial charge in [-0.15, -0.1) is 0 Å². The number of hydrogen-bond acceptors (Lipinski definition) is 4. The van der Waals surface area contributed by atoms with E-state index in [1.165, 1.54) is 23.1 Å². The molecule has 1 fully saturated rings. The van der Waals surface area contributed by atoms with E-state index in [1.54, 1.807) is 0 Å². The lowest BCUT2D eigenvalue weighted by Crippen LogP contribution is -2.41. The molecule has 0 spiro atoms. The SMILES string of the molecule is O=C(c1c(Cl)cccc1[N+](=O)[O-])N1CCOCC1. The highest BCUT2D eigenvalue weighted by Crippen LogP contribution is 2.27. The van der Waals surface area contributed by atoms with Crippen LogP contribution in [-0.4, -0.2) is 42.0 Å². The van der Waals surface area contributed by atoms with Gasteiger partial charge >= 0.3 is 0 Å². The van der Waals surface area contributed by atoms with E-state index in [4.69, 9.17) is 16.3 Å². The maximum atomic E-state index is 12.2. The number of nitro groups is 1. The first kappa shape index (κ1) is 12.8. The van der Waals surface area contributed by atoms with Crippen molar-refractivity contribution >= 4 is 23.2 Å². The van der Waals surface area contributed by atoms with Gasteiger partial charge < -0.3 is 9.64 Å². The summed E-state index contributed by atoms with van der Waals surface area (Å²) in [7, 11) is 0. The largest absolute Gasteiger partial charge is 0.378 e. The number of rotatable bonds is 2. The molecule has 1 heterocycles. The van der Waals surface area contributed by atoms with Crippen molar-refractivity contribution < 1.29 is 14.5 Å². The molecule has 0 unspecified atom stereocenters. The molecule has 0 aromatic heterocycles. The van der Waals surface area contributed by atoms with Crippen LogP contribution in [0.25, 0.3) is 0 Å². The maximum absolute atomic E-state index is 12.2. The summed E-state index contributed by atoms with van der Waals surface area (Å²) in [5.41, 5.74) is -0.315. The Morgan fingerprint density at radius 2 is 2.06 bits per heavy atom. The van der Waals surface area contributed by atoms with Crippen molar-refractivity contribution in [2.75, 3.05) is 26.3 Å². The molecule has 1 saturated heterocycles. The van der Waals surface area contributed by atoms with Gasteiger partial charge in [-0.25, -0.2) is 0 Å². The van der Waals surface area contributed by atoms with Crippen LogP contribution in [0.15, 0.2) is 18.2 Å². The fourth-order valence-corrected chi connectivity index (χ4v) is 2.05. The molecule has 1 amide bonds. The summed E-state index contributed by atoms with van der Waals surface area (Å²) in [4.78, 5) is 24.1. The molecule has 18 heavy (non-hydrogen) atoms. The van der Waals surface area contributed by atoms with Crippen molar-refractivity contribution in [3.05, 3.63) is 38.9 Å². The van der Waals surface area contributed by atoms with E-state index in [0.29, 0.717) is 26.3 Å².